The minimum atomic E-state index is -0.117. The van der Waals surface area contributed by atoms with E-state index >= 15 is 0 Å². The van der Waals surface area contributed by atoms with Crippen LogP contribution in [0.2, 0.25) is 0 Å². The van der Waals surface area contributed by atoms with Crippen molar-refractivity contribution in [2.24, 2.45) is 0 Å². The van der Waals surface area contributed by atoms with Gasteiger partial charge in [-0.25, -0.2) is 0 Å². The first-order valence-electron chi connectivity index (χ1n) is 21.7. The fourth-order valence-corrected chi connectivity index (χ4v) is 10.4. The van der Waals surface area contributed by atoms with Crippen molar-refractivity contribution >= 4 is 60.2 Å². The van der Waals surface area contributed by atoms with Crippen LogP contribution in [-0.4, -0.2) is 0 Å². The smallest absolute Gasteiger partial charge is 0.0467 e. The topological polar surface area (TPSA) is 3.24 Å². The van der Waals surface area contributed by atoms with E-state index < -0.39 is 0 Å². The highest BCUT2D eigenvalue weighted by atomic mass is 15.1. The first kappa shape index (κ1) is 36.1. The van der Waals surface area contributed by atoms with Gasteiger partial charge in [0.15, 0.2) is 0 Å². The third-order valence-electron chi connectivity index (χ3n) is 13.4. The number of nitrogens with zero attached hydrogens (tertiary/aromatic N) is 1. The van der Waals surface area contributed by atoms with Gasteiger partial charge in [-0.15, -0.1) is 0 Å². The van der Waals surface area contributed by atoms with Gasteiger partial charge in [0.25, 0.3) is 0 Å². The molecule has 12 rings (SSSR count). The molecular formula is C61H43N. The van der Waals surface area contributed by atoms with Crippen LogP contribution in [-0.2, 0) is 5.41 Å². The maximum atomic E-state index is 2.41. The molecule has 62 heavy (non-hydrogen) atoms. The molecule has 11 aromatic carbocycles. The molecule has 1 heteroatoms. The van der Waals surface area contributed by atoms with Gasteiger partial charge in [0.05, 0.1) is 0 Å². The second kappa shape index (κ2) is 14.2. The van der Waals surface area contributed by atoms with Crippen molar-refractivity contribution in [3.63, 3.8) is 0 Å². The standard InChI is InChI=1S/C61H43N/c1-61(2)59-23-8-7-18-57(59)58-22-11-20-54(60(58)61)45-14-9-15-49(39-45)62(47-32-26-40(27-33-47)44-31-36-53-46(38-44)25-24-41-12-3-5-16-50(41)53)48-34-28-43(29-35-48)52-19-10-21-55-51-17-6-4-13-42(51)30-37-56(52)55/h3-39H,1-2H3. The third kappa shape index (κ3) is 5.77. The van der Waals surface area contributed by atoms with Crippen LogP contribution in [0.4, 0.5) is 17.1 Å². The second-order valence-corrected chi connectivity index (χ2v) is 17.3. The summed E-state index contributed by atoms with van der Waals surface area (Å²) in [6.07, 6.45) is 0. The minimum Gasteiger partial charge on any atom is -0.310 e. The van der Waals surface area contributed by atoms with E-state index in [-0.39, 0.29) is 5.41 Å². The predicted molar refractivity (Wildman–Crippen MR) is 265 cm³/mol. The fraction of sp³-hybridized carbons (Fsp3) is 0.0492. The van der Waals surface area contributed by atoms with Crippen LogP contribution in [0.1, 0.15) is 25.0 Å². The first-order valence-corrected chi connectivity index (χ1v) is 21.7. The maximum Gasteiger partial charge on any atom is 0.0467 e. The van der Waals surface area contributed by atoms with E-state index in [4.69, 9.17) is 0 Å². The van der Waals surface area contributed by atoms with E-state index in [1.165, 1.54) is 98.7 Å². The highest BCUT2D eigenvalue weighted by Gasteiger charge is 2.37. The number of benzene rings is 11. The van der Waals surface area contributed by atoms with Crippen molar-refractivity contribution in [2.45, 2.75) is 19.3 Å². The van der Waals surface area contributed by atoms with E-state index in [1.807, 2.05) is 0 Å². The highest BCUT2D eigenvalue weighted by Crippen LogP contribution is 2.52. The van der Waals surface area contributed by atoms with Crippen LogP contribution in [0.3, 0.4) is 0 Å². The van der Waals surface area contributed by atoms with E-state index in [9.17, 15) is 0 Å². The van der Waals surface area contributed by atoms with Crippen LogP contribution in [0.15, 0.2) is 224 Å². The molecule has 0 unspecified atom stereocenters. The van der Waals surface area contributed by atoms with Gasteiger partial charge < -0.3 is 4.90 Å². The molecule has 0 saturated carbocycles. The molecule has 292 valence electrons. The lowest BCUT2D eigenvalue weighted by atomic mass is 9.79. The molecular weight excluding hydrogens is 747 g/mol. The minimum absolute atomic E-state index is 0.117. The summed E-state index contributed by atoms with van der Waals surface area (Å²) >= 11 is 0. The number of fused-ring (bicyclic) bond motifs is 9. The lowest BCUT2D eigenvalue weighted by molar-refractivity contribution is 0.662. The average molecular weight is 790 g/mol. The Hall–Kier alpha value is -7.74. The number of rotatable bonds is 6. The summed E-state index contributed by atoms with van der Waals surface area (Å²) in [6.45, 7) is 4.74. The lowest BCUT2D eigenvalue weighted by Crippen LogP contribution is -2.16. The molecule has 0 heterocycles. The third-order valence-corrected chi connectivity index (χ3v) is 13.4. The van der Waals surface area contributed by atoms with Crippen LogP contribution in [0.5, 0.6) is 0 Å². The number of hydrogen-bond donors (Lipinski definition) is 0. The van der Waals surface area contributed by atoms with Gasteiger partial charge in [0.1, 0.15) is 0 Å². The van der Waals surface area contributed by atoms with Crippen molar-refractivity contribution in [2.75, 3.05) is 4.90 Å². The van der Waals surface area contributed by atoms with Crippen molar-refractivity contribution in [1.29, 1.82) is 0 Å². The van der Waals surface area contributed by atoms with Crippen molar-refractivity contribution < 1.29 is 0 Å². The molecule has 0 saturated heterocycles. The largest absolute Gasteiger partial charge is 0.310 e. The molecule has 1 aliphatic carbocycles. The average Bonchev–Trinajstić information content (AvgIpc) is 3.57. The Balaban J connectivity index is 0.967. The fourth-order valence-electron chi connectivity index (χ4n) is 10.4. The normalized spacial score (nSPS) is 12.8. The molecule has 0 aromatic heterocycles. The van der Waals surface area contributed by atoms with Crippen LogP contribution in [0, 0.1) is 0 Å². The molecule has 0 spiro atoms. The molecule has 0 bridgehead atoms. The Kier molecular flexibility index (Phi) is 8.27. The molecule has 0 N–H and O–H groups in total. The van der Waals surface area contributed by atoms with Gasteiger partial charge in [-0.3, -0.25) is 0 Å². The summed E-state index contributed by atoms with van der Waals surface area (Å²) in [5, 5.41) is 10.2. The van der Waals surface area contributed by atoms with Gasteiger partial charge in [-0.05, 0) is 141 Å². The van der Waals surface area contributed by atoms with Gasteiger partial charge in [-0.1, -0.05) is 196 Å². The van der Waals surface area contributed by atoms with Crippen molar-refractivity contribution in [3.05, 3.63) is 236 Å². The summed E-state index contributed by atoms with van der Waals surface area (Å²) in [5.41, 5.74) is 16.0. The molecule has 1 aliphatic rings. The molecule has 0 atom stereocenters. The van der Waals surface area contributed by atoms with Crippen LogP contribution < -0.4 is 4.90 Å². The lowest BCUT2D eigenvalue weighted by Gasteiger charge is -2.28. The zero-order valence-corrected chi connectivity index (χ0v) is 34.8. The van der Waals surface area contributed by atoms with Gasteiger partial charge in [0, 0.05) is 22.5 Å². The summed E-state index contributed by atoms with van der Waals surface area (Å²) in [5.74, 6) is 0. The van der Waals surface area contributed by atoms with Gasteiger partial charge in [0.2, 0.25) is 0 Å². The van der Waals surface area contributed by atoms with Crippen molar-refractivity contribution in [3.8, 4) is 44.5 Å². The number of anilines is 3. The maximum absolute atomic E-state index is 2.41. The van der Waals surface area contributed by atoms with E-state index in [0.717, 1.165) is 17.1 Å². The van der Waals surface area contributed by atoms with Crippen LogP contribution >= 0.6 is 0 Å². The molecule has 0 fully saturated rings. The Morgan fingerprint density at radius 3 is 1.61 bits per heavy atom. The molecule has 0 radical (unpaired) electrons. The molecule has 11 aromatic rings. The first-order chi connectivity index (χ1) is 30.5. The summed E-state index contributed by atoms with van der Waals surface area (Å²) in [4.78, 5) is 2.41. The Morgan fingerprint density at radius 1 is 0.290 bits per heavy atom. The highest BCUT2D eigenvalue weighted by molar-refractivity contribution is 6.12. The van der Waals surface area contributed by atoms with Gasteiger partial charge >= 0.3 is 0 Å². The summed E-state index contributed by atoms with van der Waals surface area (Å²) in [6, 6.07) is 82.9. The Labute approximate surface area is 362 Å². The zero-order valence-electron chi connectivity index (χ0n) is 34.8. The summed E-state index contributed by atoms with van der Waals surface area (Å²) in [7, 11) is 0. The van der Waals surface area contributed by atoms with E-state index in [2.05, 4.69) is 243 Å². The molecule has 0 aliphatic heterocycles. The second-order valence-electron chi connectivity index (χ2n) is 17.3. The molecule has 0 amide bonds. The number of hydrogen-bond acceptors (Lipinski definition) is 1. The quantitative estimate of drug-likeness (QED) is 0.152. The monoisotopic (exact) mass is 789 g/mol. The SMILES string of the molecule is CC1(C)c2ccccc2-c2cccc(-c3cccc(N(c4ccc(-c5ccc6c(ccc7ccccc76)c5)cc4)c4ccc(-c5cccc6c5ccc5ccccc56)cc4)c3)c21. The molecule has 1 nitrogen and oxygen atoms in total. The Morgan fingerprint density at radius 2 is 0.823 bits per heavy atom. The summed E-state index contributed by atoms with van der Waals surface area (Å²) < 4.78 is 0. The predicted octanol–water partition coefficient (Wildman–Crippen LogP) is 17.1. The Bertz CT molecular complexity index is 3540. The van der Waals surface area contributed by atoms with Gasteiger partial charge in [-0.2, -0.15) is 0 Å². The van der Waals surface area contributed by atoms with Crippen LogP contribution in [0.25, 0.3) is 87.6 Å². The van der Waals surface area contributed by atoms with E-state index in [1.54, 1.807) is 0 Å². The van der Waals surface area contributed by atoms with E-state index in [0.29, 0.717) is 0 Å². The van der Waals surface area contributed by atoms with Crippen molar-refractivity contribution in [1.82, 2.24) is 0 Å². The zero-order chi connectivity index (χ0) is 41.4.